The molecule has 0 bridgehead atoms. The van der Waals surface area contributed by atoms with Gasteiger partial charge in [0, 0.05) is 12.5 Å². The van der Waals surface area contributed by atoms with Crippen molar-refractivity contribution >= 4 is 11.8 Å². The lowest BCUT2D eigenvalue weighted by atomic mass is 9.96. The van der Waals surface area contributed by atoms with Crippen molar-refractivity contribution in [2.45, 2.75) is 20.8 Å². The molecule has 0 aromatic heterocycles. The van der Waals surface area contributed by atoms with Crippen molar-refractivity contribution in [1.82, 2.24) is 10.2 Å². The maximum absolute atomic E-state index is 11.9. The molecule has 1 rings (SSSR count). The molecule has 1 aromatic rings. The average molecular weight is 292 g/mol. The molecule has 5 heteroatoms. The highest BCUT2D eigenvalue weighted by Gasteiger charge is 2.21. The van der Waals surface area contributed by atoms with Gasteiger partial charge >= 0.3 is 0 Å². The Balaban J connectivity index is 2.27. The first kappa shape index (κ1) is 17.0. The molecule has 5 nitrogen and oxygen atoms in total. The Morgan fingerprint density at radius 2 is 1.81 bits per heavy atom. The van der Waals surface area contributed by atoms with Crippen LogP contribution in [0.2, 0.25) is 0 Å². The summed E-state index contributed by atoms with van der Waals surface area (Å²) in [6, 6.07) is 9.44. The fourth-order valence-corrected chi connectivity index (χ4v) is 1.50. The normalized spacial score (nSPS) is 10.9. The number of carbonyl (C=O) groups excluding carboxylic acids is 2. The molecule has 1 aromatic carbocycles. The van der Waals surface area contributed by atoms with Crippen LogP contribution in [0.5, 0.6) is 5.75 Å². The zero-order chi connectivity index (χ0) is 15.9. The second kappa shape index (κ2) is 7.67. The predicted octanol–water partition coefficient (Wildman–Crippen LogP) is 1.69. The van der Waals surface area contributed by atoms with Gasteiger partial charge in [-0.05, 0) is 12.1 Å². The van der Waals surface area contributed by atoms with Gasteiger partial charge in [0.15, 0.2) is 0 Å². The molecular weight excluding hydrogens is 268 g/mol. The van der Waals surface area contributed by atoms with E-state index in [0.717, 1.165) is 5.75 Å². The van der Waals surface area contributed by atoms with Crippen LogP contribution in [0.3, 0.4) is 0 Å². The van der Waals surface area contributed by atoms with Crippen LogP contribution in [0.1, 0.15) is 20.8 Å². The van der Waals surface area contributed by atoms with Crippen LogP contribution >= 0.6 is 0 Å². The zero-order valence-electron chi connectivity index (χ0n) is 13.2. The molecule has 21 heavy (non-hydrogen) atoms. The minimum atomic E-state index is -0.491. The third-order valence-corrected chi connectivity index (χ3v) is 2.95. The Labute approximate surface area is 126 Å². The van der Waals surface area contributed by atoms with Crippen LogP contribution in [0, 0.1) is 5.41 Å². The van der Waals surface area contributed by atoms with Gasteiger partial charge in [-0.1, -0.05) is 39.0 Å². The zero-order valence-corrected chi connectivity index (χ0v) is 13.2. The SMILES string of the molecule is CN(CCOc1ccccc1)C(=O)CNC(=O)C(C)(C)C. The van der Waals surface area contributed by atoms with Gasteiger partial charge < -0.3 is 15.0 Å². The molecular formula is C16H24N2O3. The molecule has 116 valence electrons. The monoisotopic (exact) mass is 292 g/mol. The summed E-state index contributed by atoms with van der Waals surface area (Å²) in [7, 11) is 1.69. The fourth-order valence-electron chi connectivity index (χ4n) is 1.50. The minimum absolute atomic E-state index is 0.0118. The molecule has 0 fully saturated rings. The number of hydrogen-bond donors (Lipinski definition) is 1. The highest BCUT2D eigenvalue weighted by Crippen LogP contribution is 2.12. The summed E-state index contributed by atoms with van der Waals surface area (Å²) in [5, 5.41) is 2.64. The van der Waals surface area contributed by atoms with Gasteiger partial charge in [0.05, 0.1) is 13.1 Å². The van der Waals surface area contributed by atoms with Crippen molar-refractivity contribution in [2.75, 3.05) is 26.7 Å². The quantitative estimate of drug-likeness (QED) is 0.868. The lowest BCUT2D eigenvalue weighted by Gasteiger charge is -2.20. The molecule has 0 heterocycles. The summed E-state index contributed by atoms with van der Waals surface area (Å²) in [5.41, 5.74) is -0.491. The Bertz CT molecular complexity index is 466. The number of nitrogens with one attached hydrogen (secondary N) is 1. The number of nitrogens with zero attached hydrogens (tertiary/aromatic N) is 1. The molecule has 0 unspecified atom stereocenters. The van der Waals surface area contributed by atoms with E-state index in [1.807, 2.05) is 51.1 Å². The van der Waals surface area contributed by atoms with E-state index in [9.17, 15) is 9.59 Å². The number of likely N-dealkylation sites (N-methyl/N-ethyl adjacent to an activating group) is 1. The lowest BCUT2D eigenvalue weighted by Crippen LogP contribution is -2.43. The number of hydrogen-bond acceptors (Lipinski definition) is 3. The highest BCUT2D eigenvalue weighted by molar-refractivity contribution is 5.87. The Morgan fingerprint density at radius 1 is 1.19 bits per heavy atom. The van der Waals surface area contributed by atoms with Gasteiger partial charge in [-0.15, -0.1) is 0 Å². The standard InChI is InChI=1S/C16H24N2O3/c1-16(2,3)15(20)17-12-14(19)18(4)10-11-21-13-8-6-5-7-9-13/h5-9H,10-12H2,1-4H3,(H,17,20). The van der Waals surface area contributed by atoms with E-state index in [0.29, 0.717) is 13.2 Å². The first-order valence-electron chi connectivity index (χ1n) is 7.01. The van der Waals surface area contributed by atoms with Gasteiger partial charge in [-0.25, -0.2) is 0 Å². The van der Waals surface area contributed by atoms with Gasteiger partial charge in [-0.2, -0.15) is 0 Å². The van der Waals surface area contributed by atoms with E-state index in [2.05, 4.69) is 5.32 Å². The van der Waals surface area contributed by atoms with Crippen molar-refractivity contribution in [3.05, 3.63) is 30.3 Å². The summed E-state index contributed by atoms with van der Waals surface area (Å²) in [6.07, 6.45) is 0. The molecule has 0 saturated heterocycles. The van der Waals surface area contributed by atoms with Crippen LogP contribution in [0.4, 0.5) is 0 Å². The maximum atomic E-state index is 11.9. The Morgan fingerprint density at radius 3 is 2.38 bits per heavy atom. The van der Waals surface area contributed by atoms with Gasteiger partial charge in [-0.3, -0.25) is 9.59 Å². The fraction of sp³-hybridized carbons (Fsp3) is 0.500. The number of para-hydroxylation sites is 1. The Kier molecular flexibility index (Phi) is 6.21. The van der Waals surface area contributed by atoms with E-state index >= 15 is 0 Å². The van der Waals surface area contributed by atoms with Crippen LogP contribution in [0.15, 0.2) is 30.3 Å². The summed E-state index contributed by atoms with van der Waals surface area (Å²) in [6.45, 7) is 6.33. The smallest absolute Gasteiger partial charge is 0.241 e. The van der Waals surface area contributed by atoms with E-state index in [4.69, 9.17) is 4.74 Å². The highest BCUT2D eigenvalue weighted by atomic mass is 16.5. The third-order valence-electron chi connectivity index (χ3n) is 2.95. The topological polar surface area (TPSA) is 58.6 Å². The van der Waals surface area contributed by atoms with Crippen LogP contribution in [0.25, 0.3) is 0 Å². The van der Waals surface area contributed by atoms with E-state index in [-0.39, 0.29) is 18.4 Å². The predicted molar refractivity (Wildman–Crippen MR) is 82.0 cm³/mol. The molecule has 0 aliphatic rings. The molecule has 1 N–H and O–H groups in total. The number of rotatable bonds is 6. The van der Waals surface area contributed by atoms with E-state index in [1.165, 1.54) is 0 Å². The molecule has 2 amide bonds. The minimum Gasteiger partial charge on any atom is -0.492 e. The second-order valence-electron chi connectivity index (χ2n) is 5.91. The summed E-state index contributed by atoms with van der Waals surface area (Å²) in [5.74, 6) is 0.508. The van der Waals surface area contributed by atoms with Crippen molar-refractivity contribution in [3.8, 4) is 5.75 Å². The lowest BCUT2D eigenvalue weighted by molar-refractivity contribution is -0.134. The van der Waals surface area contributed by atoms with Crippen molar-refractivity contribution in [2.24, 2.45) is 5.41 Å². The largest absolute Gasteiger partial charge is 0.492 e. The molecule has 0 radical (unpaired) electrons. The van der Waals surface area contributed by atoms with Crippen LogP contribution in [-0.2, 0) is 9.59 Å². The molecule has 0 aliphatic heterocycles. The Hall–Kier alpha value is -2.04. The summed E-state index contributed by atoms with van der Waals surface area (Å²) in [4.78, 5) is 25.1. The molecule has 0 spiro atoms. The summed E-state index contributed by atoms with van der Waals surface area (Å²) < 4.78 is 5.53. The second-order valence-corrected chi connectivity index (χ2v) is 5.91. The summed E-state index contributed by atoms with van der Waals surface area (Å²) >= 11 is 0. The van der Waals surface area contributed by atoms with Gasteiger partial charge in [0.2, 0.25) is 11.8 Å². The number of ether oxygens (including phenoxy) is 1. The van der Waals surface area contributed by atoms with Crippen molar-refractivity contribution in [3.63, 3.8) is 0 Å². The van der Waals surface area contributed by atoms with Crippen LogP contribution < -0.4 is 10.1 Å². The van der Waals surface area contributed by atoms with E-state index < -0.39 is 5.41 Å². The van der Waals surface area contributed by atoms with E-state index in [1.54, 1.807) is 11.9 Å². The first-order valence-corrected chi connectivity index (χ1v) is 7.01. The van der Waals surface area contributed by atoms with Gasteiger partial charge in [0.25, 0.3) is 0 Å². The number of carbonyl (C=O) groups is 2. The molecule has 0 saturated carbocycles. The van der Waals surface area contributed by atoms with Crippen LogP contribution in [-0.4, -0.2) is 43.5 Å². The number of benzene rings is 1. The molecule has 0 atom stereocenters. The van der Waals surface area contributed by atoms with Crippen molar-refractivity contribution < 1.29 is 14.3 Å². The number of amides is 2. The average Bonchev–Trinajstić information content (AvgIpc) is 2.44. The third kappa shape index (κ3) is 6.29. The van der Waals surface area contributed by atoms with Gasteiger partial charge in [0.1, 0.15) is 12.4 Å². The molecule has 0 aliphatic carbocycles. The first-order chi connectivity index (χ1) is 9.80. The maximum Gasteiger partial charge on any atom is 0.241 e. The van der Waals surface area contributed by atoms with Crippen molar-refractivity contribution in [1.29, 1.82) is 0 Å².